The first-order valence-corrected chi connectivity index (χ1v) is 9.09. The number of nitrogens with one attached hydrogen (secondary N) is 1. The summed E-state index contributed by atoms with van der Waals surface area (Å²) in [4.78, 5) is 2.61. The van der Waals surface area contributed by atoms with Crippen LogP contribution in [0.1, 0.15) is 52.5 Å². The van der Waals surface area contributed by atoms with Crippen LogP contribution >= 0.6 is 15.9 Å². The molecular weight excluding hydrogens is 324 g/mol. The highest BCUT2D eigenvalue weighted by Crippen LogP contribution is 2.34. The van der Waals surface area contributed by atoms with Gasteiger partial charge in [-0.3, -0.25) is 0 Å². The SMILES string of the molecule is CCC1CCC(C)N1c1ccc(CNCC(C)C)c(Br)c1. The molecule has 1 aromatic carbocycles. The molecule has 0 bridgehead atoms. The molecule has 21 heavy (non-hydrogen) atoms. The van der Waals surface area contributed by atoms with Crippen LogP contribution in [0.25, 0.3) is 0 Å². The molecule has 2 rings (SSSR count). The average molecular weight is 353 g/mol. The van der Waals surface area contributed by atoms with Crippen LogP contribution in [0.2, 0.25) is 0 Å². The van der Waals surface area contributed by atoms with Crippen LogP contribution in [0.4, 0.5) is 5.69 Å². The van der Waals surface area contributed by atoms with Gasteiger partial charge in [0.2, 0.25) is 0 Å². The molecule has 1 heterocycles. The lowest BCUT2D eigenvalue weighted by Crippen LogP contribution is -2.34. The number of hydrogen-bond donors (Lipinski definition) is 1. The lowest BCUT2D eigenvalue weighted by molar-refractivity contribution is 0.551. The summed E-state index contributed by atoms with van der Waals surface area (Å²) >= 11 is 3.76. The third-order valence-corrected chi connectivity index (χ3v) is 5.20. The molecule has 0 radical (unpaired) electrons. The van der Waals surface area contributed by atoms with Crippen molar-refractivity contribution in [2.75, 3.05) is 11.4 Å². The molecule has 1 aliphatic rings. The summed E-state index contributed by atoms with van der Waals surface area (Å²) in [5.74, 6) is 0.693. The minimum atomic E-state index is 0.659. The van der Waals surface area contributed by atoms with Gasteiger partial charge in [-0.25, -0.2) is 0 Å². The summed E-state index contributed by atoms with van der Waals surface area (Å²) < 4.78 is 1.23. The summed E-state index contributed by atoms with van der Waals surface area (Å²) in [6, 6.07) is 8.23. The van der Waals surface area contributed by atoms with Crippen molar-refractivity contribution < 1.29 is 0 Å². The van der Waals surface area contributed by atoms with Crippen LogP contribution in [0.3, 0.4) is 0 Å². The standard InChI is InChI=1S/C18H29BrN2/c1-5-16-8-6-14(4)21(16)17-9-7-15(18(19)10-17)12-20-11-13(2)3/h7,9-10,13-14,16,20H,5-6,8,11-12H2,1-4H3. The van der Waals surface area contributed by atoms with Crippen molar-refractivity contribution in [1.82, 2.24) is 5.32 Å². The van der Waals surface area contributed by atoms with E-state index in [-0.39, 0.29) is 0 Å². The molecule has 1 saturated heterocycles. The first kappa shape index (κ1) is 16.8. The molecule has 1 N–H and O–H groups in total. The number of anilines is 1. The second kappa shape index (κ2) is 7.64. The molecule has 0 aliphatic carbocycles. The lowest BCUT2D eigenvalue weighted by Gasteiger charge is -2.30. The van der Waals surface area contributed by atoms with Gasteiger partial charge in [0.15, 0.2) is 0 Å². The second-order valence-electron chi connectivity index (χ2n) is 6.70. The Morgan fingerprint density at radius 3 is 2.71 bits per heavy atom. The van der Waals surface area contributed by atoms with E-state index in [1.165, 1.54) is 35.0 Å². The molecule has 118 valence electrons. The predicted molar refractivity (Wildman–Crippen MR) is 95.9 cm³/mol. The summed E-state index contributed by atoms with van der Waals surface area (Å²) in [5.41, 5.74) is 2.71. The predicted octanol–water partition coefficient (Wildman–Crippen LogP) is 4.96. The molecule has 2 atom stereocenters. The fraction of sp³-hybridized carbons (Fsp3) is 0.667. The van der Waals surface area contributed by atoms with Crippen LogP contribution in [0.5, 0.6) is 0 Å². The normalized spacial score (nSPS) is 22.3. The van der Waals surface area contributed by atoms with Gasteiger partial charge in [-0.1, -0.05) is 42.8 Å². The molecule has 1 aromatic rings. The fourth-order valence-corrected chi connectivity index (χ4v) is 3.78. The Labute approximate surface area is 138 Å². The molecule has 3 heteroatoms. The summed E-state index contributed by atoms with van der Waals surface area (Å²) in [6.07, 6.45) is 3.88. The van der Waals surface area contributed by atoms with Crippen molar-refractivity contribution in [1.29, 1.82) is 0 Å². The molecular formula is C18H29BrN2. The van der Waals surface area contributed by atoms with Gasteiger partial charge in [-0.05, 0) is 56.3 Å². The van der Waals surface area contributed by atoms with Gasteiger partial charge in [0.05, 0.1) is 0 Å². The highest BCUT2D eigenvalue weighted by molar-refractivity contribution is 9.10. The zero-order chi connectivity index (χ0) is 15.4. The van der Waals surface area contributed by atoms with E-state index in [1.54, 1.807) is 0 Å². The summed E-state index contributed by atoms with van der Waals surface area (Å²) in [5, 5.41) is 3.52. The Hall–Kier alpha value is -0.540. The topological polar surface area (TPSA) is 15.3 Å². The maximum atomic E-state index is 3.76. The largest absolute Gasteiger partial charge is 0.366 e. The van der Waals surface area contributed by atoms with Crippen molar-refractivity contribution in [3.05, 3.63) is 28.2 Å². The Kier molecular flexibility index (Phi) is 6.12. The molecule has 1 aliphatic heterocycles. The lowest BCUT2D eigenvalue weighted by atomic mass is 10.1. The highest BCUT2D eigenvalue weighted by atomic mass is 79.9. The van der Waals surface area contributed by atoms with E-state index in [9.17, 15) is 0 Å². The average Bonchev–Trinajstić information content (AvgIpc) is 2.81. The summed E-state index contributed by atoms with van der Waals surface area (Å²) in [7, 11) is 0. The Morgan fingerprint density at radius 2 is 2.10 bits per heavy atom. The molecule has 2 nitrogen and oxygen atoms in total. The zero-order valence-corrected chi connectivity index (χ0v) is 15.4. The number of rotatable bonds is 6. The van der Waals surface area contributed by atoms with Gasteiger partial charge < -0.3 is 10.2 Å². The third kappa shape index (κ3) is 4.23. The van der Waals surface area contributed by atoms with Gasteiger partial charge in [0.25, 0.3) is 0 Å². The van der Waals surface area contributed by atoms with Crippen molar-refractivity contribution in [3.8, 4) is 0 Å². The first-order valence-electron chi connectivity index (χ1n) is 8.30. The van der Waals surface area contributed by atoms with Crippen LogP contribution < -0.4 is 10.2 Å². The van der Waals surface area contributed by atoms with Gasteiger partial charge in [-0.15, -0.1) is 0 Å². The van der Waals surface area contributed by atoms with Crippen molar-refractivity contribution in [2.24, 2.45) is 5.92 Å². The van der Waals surface area contributed by atoms with E-state index in [2.05, 4.69) is 72.0 Å². The quantitative estimate of drug-likeness (QED) is 0.777. The number of hydrogen-bond acceptors (Lipinski definition) is 2. The Bertz CT molecular complexity index is 459. The number of benzene rings is 1. The third-order valence-electron chi connectivity index (χ3n) is 4.46. The smallest absolute Gasteiger partial charge is 0.0382 e. The maximum Gasteiger partial charge on any atom is 0.0382 e. The Morgan fingerprint density at radius 1 is 1.33 bits per heavy atom. The zero-order valence-electron chi connectivity index (χ0n) is 13.8. The van der Waals surface area contributed by atoms with E-state index in [0.717, 1.165) is 13.1 Å². The van der Waals surface area contributed by atoms with Gasteiger partial charge in [0.1, 0.15) is 0 Å². The van der Waals surface area contributed by atoms with Gasteiger partial charge in [-0.2, -0.15) is 0 Å². The monoisotopic (exact) mass is 352 g/mol. The molecule has 0 amide bonds. The first-order chi connectivity index (χ1) is 10.0. The van der Waals surface area contributed by atoms with Crippen LogP contribution in [-0.4, -0.2) is 18.6 Å². The van der Waals surface area contributed by atoms with Gasteiger partial charge >= 0.3 is 0 Å². The van der Waals surface area contributed by atoms with Crippen molar-refractivity contribution >= 4 is 21.6 Å². The molecule has 0 saturated carbocycles. The molecule has 1 fully saturated rings. The second-order valence-corrected chi connectivity index (χ2v) is 7.55. The van der Waals surface area contributed by atoms with Crippen LogP contribution in [0, 0.1) is 5.92 Å². The molecule has 0 aromatic heterocycles. The highest BCUT2D eigenvalue weighted by Gasteiger charge is 2.29. The van der Waals surface area contributed by atoms with E-state index < -0.39 is 0 Å². The minimum Gasteiger partial charge on any atom is -0.366 e. The number of halogens is 1. The van der Waals surface area contributed by atoms with E-state index >= 15 is 0 Å². The minimum absolute atomic E-state index is 0.659. The van der Waals surface area contributed by atoms with Crippen LogP contribution in [0.15, 0.2) is 22.7 Å². The Balaban J connectivity index is 2.07. The summed E-state index contributed by atoms with van der Waals surface area (Å²) in [6.45, 7) is 11.1. The van der Waals surface area contributed by atoms with Crippen molar-refractivity contribution in [2.45, 2.75) is 65.6 Å². The van der Waals surface area contributed by atoms with Crippen molar-refractivity contribution in [3.63, 3.8) is 0 Å². The number of nitrogens with zero attached hydrogens (tertiary/aromatic N) is 1. The van der Waals surface area contributed by atoms with E-state index in [4.69, 9.17) is 0 Å². The van der Waals surface area contributed by atoms with Gasteiger partial charge in [0, 0.05) is 28.8 Å². The van der Waals surface area contributed by atoms with Crippen LogP contribution in [-0.2, 0) is 6.54 Å². The van der Waals surface area contributed by atoms with E-state index in [0.29, 0.717) is 18.0 Å². The van der Waals surface area contributed by atoms with E-state index in [1.807, 2.05) is 0 Å². The maximum absolute atomic E-state index is 3.76. The molecule has 2 unspecified atom stereocenters. The fourth-order valence-electron chi connectivity index (χ4n) is 3.27. The molecule has 0 spiro atoms.